The van der Waals surface area contributed by atoms with E-state index in [1.807, 2.05) is 82.2 Å². The number of thiophene rings is 2. The first kappa shape index (κ1) is 23.3. The molecule has 0 radical (unpaired) electrons. The maximum atomic E-state index is 12.3. The van der Waals surface area contributed by atoms with Crippen LogP contribution < -0.4 is 10.2 Å². The molecule has 8 heteroatoms. The minimum absolute atomic E-state index is 0.157. The van der Waals surface area contributed by atoms with Gasteiger partial charge in [0.25, 0.3) is 5.91 Å². The van der Waals surface area contributed by atoms with E-state index in [0.29, 0.717) is 5.75 Å². The Morgan fingerprint density at radius 1 is 0.943 bits per heavy atom. The SMILES string of the molecule is O=C(COc1ccc2cc(Br)ccc2c1)NN=Cc1cc(-c2ccsc2)c(O)c(-c2ccsc2)c1. The van der Waals surface area contributed by atoms with Crippen LogP contribution in [0.4, 0.5) is 0 Å². The molecule has 0 bridgehead atoms. The van der Waals surface area contributed by atoms with Crippen LogP contribution >= 0.6 is 38.6 Å². The number of nitrogens with zero attached hydrogens (tertiary/aromatic N) is 1. The molecule has 0 aliphatic rings. The lowest BCUT2D eigenvalue weighted by Crippen LogP contribution is -2.24. The van der Waals surface area contributed by atoms with Gasteiger partial charge in [-0.15, -0.1) is 0 Å². The molecule has 0 saturated carbocycles. The molecular weight excluding hydrogens is 544 g/mol. The number of nitrogens with one attached hydrogen (secondary N) is 1. The molecule has 0 unspecified atom stereocenters. The van der Waals surface area contributed by atoms with Crippen LogP contribution in [0.15, 0.2) is 91.8 Å². The number of halogens is 1. The molecule has 5 nitrogen and oxygen atoms in total. The highest BCUT2D eigenvalue weighted by atomic mass is 79.9. The van der Waals surface area contributed by atoms with Gasteiger partial charge in [0, 0.05) is 15.6 Å². The Kier molecular flexibility index (Phi) is 6.94. The van der Waals surface area contributed by atoms with Gasteiger partial charge < -0.3 is 9.84 Å². The number of carbonyl (C=O) groups excluding carboxylic acids is 1. The lowest BCUT2D eigenvalue weighted by atomic mass is 9.97. The van der Waals surface area contributed by atoms with Crippen LogP contribution in [0.5, 0.6) is 11.5 Å². The molecule has 2 aromatic heterocycles. The summed E-state index contributed by atoms with van der Waals surface area (Å²) in [5.41, 5.74) is 6.56. The van der Waals surface area contributed by atoms with Crippen LogP contribution in [0.2, 0.25) is 0 Å². The summed E-state index contributed by atoms with van der Waals surface area (Å²) in [5, 5.41) is 25.0. The van der Waals surface area contributed by atoms with Crippen molar-refractivity contribution >= 4 is 61.5 Å². The number of hydrazone groups is 1. The van der Waals surface area contributed by atoms with Gasteiger partial charge in [-0.3, -0.25) is 4.79 Å². The number of aromatic hydroxyl groups is 1. The first-order valence-electron chi connectivity index (χ1n) is 10.6. The molecule has 0 saturated heterocycles. The van der Waals surface area contributed by atoms with Gasteiger partial charge in [0.05, 0.1) is 6.21 Å². The fraction of sp³-hybridized carbons (Fsp3) is 0.0370. The summed E-state index contributed by atoms with van der Waals surface area (Å²) in [4.78, 5) is 12.3. The normalized spacial score (nSPS) is 11.2. The quantitative estimate of drug-likeness (QED) is 0.161. The van der Waals surface area contributed by atoms with Gasteiger partial charge in [0.2, 0.25) is 0 Å². The van der Waals surface area contributed by atoms with Gasteiger partial charge in [-0.2, -0.15) is 27.8 Å². The largest absolute Gasteiger partial charge is 0.507 e. The van der Waals surface area contributed by atoms with Crippen molar-refractivity contribution in [1.29, 1.82) is 0 Å². The Hall–Kier alpha value is -3.46. The summed E-state index contributed by atoms with van der Waals surface area (Å²) >= 11 is 6.59. The lowest BCUT2D eigenvalue weighted by molar-refractivity contribution is -0.123. The molecule has 2 N–H and O–H groups in total. The maximum Gasteiger partial charge on any atom is 0.277 e. The molecule has 3 aromatic carbocycles. The molecule has 174 valence electrons. The minimum Gasteiger partial charge on any atom is -0.507 e. The Morgan fingerprint density at radius 2 is 1.60 bits per heavy atom. The van der Waals surface area contributed by atoms with E-state index in [-0.39, 0.29) is 18.3 Å². The second kappa shape index (κ2) is 10.4. The van der Waals surface area contributed by atoms with Gasteiger partial charge in [-0.1, -0.05) is 28.1 Å². The third kappa shape index (κ3) is 5.45. The topological polar surface area (TPSA) is 70.9 Å². The second-order valence-corrected chi connectivity index (χ2v) is 10.2. The van der Waals surface area contributed by atoms with E-state index in [9.17, 15) is 9.90 Å². The molecule has 35 heavy (non-hydrogen) atoms. The molecule has 0 atom stereocenters. The van der Waals surface area contributed by atoms with Gasteiger partial charge in [-0.05, 0) is 97.5 Å². The monoisotopic (exact) mass is 562 g/mol. The predicted octanol–water partition coefficient (Wildman–Crippen LogP) is 7.29. The maximum absolute atomic E-state index is 12.3. The number of carbonyl (C=O) groups is 1. The Balaban J connectivity index is 1.28. The number of benzene rings is 3. The molecule has 5 rings (SSSR count). The first-order valence-corrected chi connectivity index (χ1v) is 13.3. The predicted molar refractivity (Wildman–Crippen MR) is 148 cm³/mol. The average molecular weight is 563 g/mol. The molecule has 2 heterocycles. The van der Waals surface area contributed by atoms with Crippen molar-refractivity contribution in [2.75, 3.05) is 6.61 Å². The second-order valence-electron chi connectivity index (χ2n) is 7.72. The number of hydrogen-bond donors (Lipinski definition) is 2. The van der Waals surface area contributed by atoms with E-state index in [4.69, 9.17) is 4.74 Å². The van der Waals surface area contributed by atoms with E-state index in [1.165, 1.54) is 0 Å². The fourth-order valence-corrected chi connectivity index (χ4v) is 5.34. The summed E-state index contributed by atoms with van der Waals surface area (Å²) in [6.45, 7) is -0.157. The smallest absolute Gasteiger partial charge is 0.277 e. The standard InChI is InChI=1S/C27H19BrN2O3S2/c28-22-3-1-19-12-23(4-2-18(19)11-22)33-14-26(31)30-29-13-17-9-24(20-5-7-34-15-20)27(32)25(10-17)21-6-8-35-16-21/h1-13,15-16,32H,14H2,(H,30,31). The highest BCUT2D eigenvalue weighted by Gasteiger charge is 2.14. The Morgan fingerprint density at radius 3 is 2.26 bits per heavy atom. The van der Waals surface area contributed by atoms with Gasteiger partial charge in [-0.25, -0.2) is 5.43 Å². The van der Waals surface area contributed by atoms with Gasteiger partial charge in [0.1, 0.15) is 11.5 Å². The third-order valence-corrected chi connectivity index (χ3v) is 7.20. The van der Waals surface area contributed by atoms with Crippen molar-refractivity contribution in [3.8, 4) is 33.8 Å². The zero-order chi connectivity index (χ0) is 24.2. The van der Waals surface area contributed by atoms with E-state index in [1.54, 1.807) is 28.9 Å². The lowest BCUT2D eigenvalue weighted by Gasteiger charge is -2.10. The number of ether oxygens (including phenoxy) is 1. The molecule has 0 aliphatic carbocycles. The van der Waals surface area contributed by atoms with Crippen LogP contribution in [0.25, 0.3) is 33.0 Å². The summed E-state index contributed by atoms with van der Waals surface area (Å²) < 4.78 is 6.64. The van der Waals surface area contributed by atoms with Crippen LogP contribution in [-0.2, 0) is 4.79 Å². The first-order chi connectivity index (χ1) is 17.1. The van der Waals surface area contributed by atoms with Gasteiger partial charge in [0.15, 0.2) is 6.61 Å². The number of fused-ring (bicyclic) bond motifs is 1. The number of phenols is 1. The number of phenolic OH excluding ortho intramolecular Hbond substituents is 1. The molecule has 0 fully saturated rings. The van der Waals surface area contributed by atoms with Crippen molar-refractivity contribution < 1.29 is 14.6 Å². The van der Waals surface area contributed by atoms with Crippen molar-refractivity contribution in [3.63, 3.8) is 0 Å². The van der Waals surface area contributed by atoms with Crippen molar-refractivity contribution in [3.05, 3.63) is 92.2 Å². The summed E-state index contributed by atoms with van der Waals surface area (Å²) in [7, 11) is 0. The van der Waals surface area contributed by atoms with Crippen molar-refractivity contribution in [2.24, 2.45) is 5.10 Å². The van der Waals surface area contributed by atoms with Crippen LogP contribution in [-0.4, -0.2) is 23.8 Å². The summed E-state index contributed by atoms with van der Waals surface area (Å²) in [6, 6.07) is 19.3. The van der Waals surface area contributed by atoms with Crippen molar-refractivity contribution in [2.45, 2.75) is 0 Å². The van der Waals surface area contributed by atoms with E-state index in [2.05, 4.69) is 26.5 Å². The molecular formula is C27H19BrN2O3S2. The van der Waals surface area contributed by atoms with E-state index < -0.39 is 0 Å². The summed E-state index contributed by atoms with van der Waals surface area (Å²) in [5.74, 6) is 0.462. The molecule has 1 amide bonds. The van der Waals surface area contributed by atoms with E-state index >= 15 is 0 Å². The molecule has 0 aliphatic heterocycles. The number of rotatable bonds is 7. The molecule has 0 spiro atoms. The number of hydrogen-bond acceptors (Lipinski definition) is 6. The Bertz CT molecular complexity index is 1460. The third-order valence-electron chi connectivity index (χ3n) is 5.34. The minimum atomic E-state index is -0.368. The highest BCUT2D eigenvalue weighted by molar-refractivity contribution is 9.10. The van der Waals surface area contributed by atoms with Gasteiger partial charge >= 0.3 is 0 Å². The zero-order valence-corrected chi connectivity index (χ0v) is 21.5. The van der Waals surface area contributed by atoms with Crippen LogP contribution in [0, 0.1) is 0 Å². The zero-order valence-electron chi connectivity index (χ0n) is 18.3. The fourth-order valence-electron chi connectivity index (χ4n) is 3.65. The summed E-state index contributed by atoms with van der Waals surface area (Å²) in [6.07, 6.45) is 1.57. The Labute approximate surface area is 218 Å². The average Bonchev–Trinajstić information content (AvgIpc) is 3.58. The van der Waals surface area contributed by atoms with E-state index in [0.717, 1.165) is 43.1 Å². The highest BCUT2D eigenvalue weighted by Crippen LogP contribution is 2.40. The number of amides is 1. The van der Waals surface area contributed by atoms with Crippen molar-refractivity contribution in [1.82, 2.24) is 5.43 Å². The molecule has 5 aromatic rings. The van der Waals surface area contributed by atoms with Crippen LogP contribution in [0.3, 0.4) is 0 Å². The van der Waals surface area contributed by atoms with Crippen LogP contribution in [0.1, 0.15) is 5.56 Å².